The topological polar surface area (TPSA) is 62.1 Å². The third-order valence-electron chi connectivity index (χ3n) is 4.19. The fourth-order valence-corrected chi connectivity index (χ4v) is 4.29. The second-order valence-corrected chi connectivity index (χ2v) is 6.87. The molecule has 1 aromatic carbocycles. The van der Waals surface area contributed by atoms with Crippen molar-refractivity contribution in [2.45, 2.75) is 39.0 Å². The average molecular weight is 340 g/mol. The highest BCUT2D eigenvalue weighted by molar-refractivity contribution is 7.16. The van der Waals surface area contributed by atoms with Gasteiger partial charge in [0.05, 0.1) is 17.7 Å². The minimum absolute atomic E-state index is 0.230. The van der Waals surface area contributed by atoms with Crippen LogP contribution in [0.2, 0.25) is 0 Å². The van der Waals surface area contributed by atoms with E-state index in [9.17, 15) is 10.1 Å². The monoisotopic (exact) mass is 340 g/mol. The van der Waals surface area contributed by atoms with Crippen LogP contribution in [0.4, 0.5) is 5.00 Å². The van der Waals surface area contributed by atoms with Gasteiger partial charge < -0.3 is 10.1 Å². The van der Waals surface area contributed by atoms with Gasteiger partial charge in [-0.05, 0) is 50.3 Å². The largest absolute Gasteiger partial charge is 0.493 e. The van der Waals surface area contributed by atoms with Crippen LogP contribution >= 0.6 is 11.3 Å². The molecule has 0 saturated carbocycles. The van der Waals surface area contributed by atoms with Gasteiger partial charge in [-0.15, -0.1) is 11.3 Å². The number of ether oxygens (including phenoxy) is 1. The minimum Gasteiger partial charge on any atom is -0.493 e. The van der Waals surface area contributed by atoms with Gasteiger partial charge in [-0.1, -0.05) is 18.6 Å². The van der Waals surface area contributed by atoms with E-state index in [1.54, 1.807) is 23.5 Å². The summed E-state index contributed by atoms with van der Waals surface area (Å²) in [6.45, 7) is 2.39. The van der Waals surface area contributed by atoms with Crippen molar-refractivity contribution < 1.29 is 9.53 Å². The van der Waals surface area contributed by atoms with Crippen LogP contribution in [0.15, 0.2) is 24.3 Å². The van der Waals surface area contributed by atoms with Gasteiger partial charge in [-0.3, -0.25) is 4.79 Å². The Bertz CT molecular complexity index is 789. The van der Waals surface area contributed by atoms with E-state index in [0.29, 0.717) is 28.5 Å². The van der Waals surface area contributed by atoms with E-state index in [1.165, 1.54) is 11.3 Å². The lowest BCUT2D eigenvalue weighted by molar-refractivity contribution is 0.102. The highest BCUT2D eigenvalue weighted by Crippen LogP contribution is 2.37. The molecule has 1 heterocycles. The van der Waals surface area contributed by atoms with E-state index in [0.717, 1.165) is 31.2 Å². The molecule has 0 unspecified atom stereocenters. The van der Waals surface area contributed by atoms with E-state index in [4.69, 9.17) is 4.74 Å². The van der Waals surface area contributed by atoms with Gasteiger partial charge in [0.2, 0.25) is 0 Å². The Morgan fingerprint density at radius 3 is 2.88 bits per heavy atom. The fraction of sp³-hybridized carbons (Fsp3) is 0.368. The number of carbonyl (C=O) groups is 1. The molecule has 1 aliphatic rings. The molecule has 0 radical (unpaired) electrons. The molecule has 5 heteroatoms. The number of fused-ring (bicyclic) bond motifs is 1. The maximum absolute atomic E-state index is 12.7. The molecule has 0 bridgehead atoms. The first-order valence-electron chi connectivity index (χ1n) is 8.32. The number of nitriles is 1. The van der Waals surface area contributed by atoms with E-state index < -0.39 is 0 Å². The molecule has 2 aromatic rings. The maximum atomic E-state index is 12.7. The van der Waals surface area contributed by atoms with E-state index in [-0.39, 0.29) is 5.91 Å². The van der Waals surface area contributed by atoms with Crippen LogP contribution in [0.25, 0.3) is 0 Å². The van der Waals surface area contributed by atoms with Gasteiger partial charge >= 0.3 is 0 Å². The van der Waals surface area contributed by atoms with Gasteiger partial charge in [0.15, 0.2) is 0 Å². The summed E-state index contributed by atoms with van der Waals surface area (Å²) in [5, 5.41) is 13.2. The first-order valence-corrected chi connectivity index (χ1v) is 9.14. The molecule has 0 fully saturated rings. The normalized spacial score (nSPS) is 13.5. The first-order chi connectivity index (χ1) is 11.7. The van der Waals surface area contributed by atoms with Crippen LogP contribution in [0.1, 0.15) is 52.5 Å². The van der Waals surface area contributed by atoms with Gasteiger partial charge in [-0.2, -0.15) is 5.26 Å². The lowest BCUT2D eigenvalue weighted by atomic mass is 10.1. The van der Waals surface area contributed by atoms with Crippen molar-refractivity contribution in [3.8, 4) is 11.8 Å². The van der Waals surface area contributed by atoms with Crippen LogP contribution in [0, 0.1) is 11.3 Å². The smallest absolute Gasteiger partial charge is 0.260 e. The van der Waals surface area contributed by atoms with Crippen molar-refractivity contribution in [1.82, 2.24) is 0 Å². The predicted octanol–water partition coefficient (Wildman–Crippen LogP) is 4.54. The summed E-state index contributed by atoms with van der Waals surface area (Å²) in [6.07, 6.45) is 5.40. The Hall–Kier alpha value is -2.32. The molecule has 1 aromatic heterocycles. The number of benzene rings is 1. The number of rotatable bonds is 4. The van der Waals surface area contributed by atoms with Gasteiger partial charge in [-0.25, -0.2) is 0 Å². The van der Waals surface area contributed by atoms with Gasteiger partial charge in [0.25, 0.3) is 5.91 Å². The molecular formula is C19H20N2O2S. The third-order valence-corrected chi connectivity index (χ3v) is 5.40. The van der Waals surface area contributed by atoms with Crippen molar-refractivity contribution in [2.75, 3.05) is 11.9 Å². The number of carbonyl (C=O) groups excluding carboxylic acids is 1. The Balaban J connectivity index is 1.89. The van der Waals surface area contributed by atoms with Crippen molar-refractivity contribution in [2.24, 2.45) is 0 Å². The molecule has 1 N–H and O–H groups in total. The van der Waals surface area contributed by atoms with Gasteiger partial charge in [0.1, 0.15) is 16.8 Å². The zero-order valence-corrected chi connectivity index (χ0v) is 14.5. The zero-order valence-electron chi connectivity index (χ0n) is 13.7. The number of hydrogen-bond donors (Lipinski definition) is 1. The summed E-state index contributed by atoms with van der Waals surface area (Å²) in [6, 6.07) is 9.47. The number of hydrogen-bond acceptors (Lipinski definition) is 4. The first kappa shape index (κ1) is 16.5. The Morgan fingerprint density at radius 2 is 2.08 bits per heavy atom. The average Bonchev–Trinajstić information content (AvgIpc) is 2.75. The Labute approximate surface area is 146 Å². The standard InChI is InChI=1S/C19H20N2O2S/c1-2-23-16-10-7-6-9-14(16)18(22)21-19-15(12-20)13-8-4-3-5-11-17(13)24-19/h6-7,9-10H,2-5,8,11H2,1H3,(H,21,22). The van der Waals surface area contributed by atoms with Crippen LogP contribution in [-0.2, 0) is 12.8 Å². The highest BCUT2D eigenvalue weighted by atomic mass is 32.1. The Kier molecular flexibility index (Phi) is 5.17. The molecule has 24 heavy (non-hydrogen) atoms. The lowest BCUT2D eigenvalue weighted by Crippen LogP contribution is -2.13. The molecule has 3 rings (SSSR count). The molecule has 4 nitrogen and oxygen atoms in total. The quantitative estimate of drug-likeness (QED) is 0.831. The summed E-state index contributed by atoms with van der Waals surface area (Å²) in [7, 11) is 0. The second-order valence-electron chi connectivity index (χ2n) is 5.76. The molecule has 1 aliphatic carbocycles. The summed E-state index contributed by atoms with van der Waals surface area (Å²) in [5.74, 6) is 0.334. The number of aryl methyl sites for hydroxylation is 1. The third kappa shape index (κ3) is 3.29. The van der Waals surface area contributed by atoms with Crippen molar-refractivity contribution >= 4 is 22.2 Å². The molecule has 1 amide bonds. The fourth-order valence-electron chi connectivity index (χ4n) is 3.06. The molecule has 0 atom stereocenters. The molecular weight excluding hydrogens is 320 g/mol. The number of nitrogens with one attached hydrogen (secondary N) is 1. The number of para-hydroxylation sites is 1. The van der Waals surface area contributed by atoms with E-state index >= 15 is 0 Å². The SMILES string of the molecule is CCOc1ccccc1C(=O)Nc1sc2c(c1C#N)CCCCC2. The molecule has 124 valence electrons. The van der Waals surface area contributed by atoms with Crippen molar-refractivity contribution in [3.05, 3.63) is 45.8 Å². The zero-order chi connectivity index (χ0) is 16.9. The second kappa shape index (κ2) is 7.50. The van der Waals surface area contributed by atoms with Crippen molar-refractivity contribution in [1.29, 1.82) is 5.26 Å². The van der Waals surface area contributed by atoms with Crippen LogP contribution in [-0.4, -0.2) is 12.5 Å². The molecule has 0 saturated heterocycles. The maximum Gasteiger partial charge on any atom is 0.260 e. The highest BCUT2D eigenvalue weighted by Gasteiger charge is 2.22. The summed E-state index contributed by atoms with van der Waals surface area (Å²) in [5.41, 5.74) is 2.26. The number of thiophene rings is 1. The number of anilines is 1. The Morgan fingerprint density at radius 1 is 1.29 bits per heavy atom. The van der Waals surface area contributed by atoms with Crippen LogP contribution < -0.4 is 10.1 Å². The molecule has 0 aliphatic heterocycles. The van der Waals surface area contributed by atoms with Crippen LogP contribution in [0.3, 0.4) is 0 Å². The molecule has 0 spiro atoms. The minimum atomic E-state index is -0.230. The van der Waals surface area contributed by atoms with E-state index in [2.05, 4.69) is 11.4 Å². The summed E-state index contributed by atoms with van der Waals surface area (Å²) >= 11 is 1.55. The summed E-state index contributed by atoms with van der Waals surface area (Å²) in [4.78, 5) is 13.9. The van der Waals surface area contributed by atoms with Gasteiger partial charge in [0, 0.05) is 4.88 Å². The van der Waals surface area contributed by atoms with Crippen LogP contribution in [0.5, 0.6) is 5.75 Å². The number of nitrogens with zero attached hydrogens (tertiary/aromatic N) is 1. The summed E-state index contributed by atoms with van der Waals surface area (Å²) < 4.78 is 5.53. The van der Waals surface area contributed by atoms with Crippen molar-refractivity contribution in [3.63, 3.8) is 0 Å². The van der Waals surface area contributed by atoms with E-state index in [1.807, 2.05) is 19.1 Å². The lowest BCUT2D eigenvalue weighted by Gasteiger charge is -2.09. The number of amides is 1. The predicted molar refractivity (Wildman–Crippen MR) is 95.9 cm³/mol.